The van der Waals surface area contributed by atoms with E-state index in [1.54, 1.807) is 38.8 Å². The highest BCUT2D eigenvalue weighted by Gasteiger charge is 2.53. The molecule has 34 heteroatoms. The lowest BCUT2D eigenvalue weighted by molar-refractivity contribution is -0.265. The number of oxazole rings is 1. The summed E-state index contributed by atoms with van der Waals surface area (Å²) in [6.07, 6.45) is 8.07. The summed E-state index contributed by atoms with van der Waals surface area (Å²) in [7, 11) is 1.55. The number of anilines is 2. The van der Waals surface area contributed by atoms with E-state index in [0.717, 1.165) is 33.6 Å². The molecule has 11 rings (SSSR count). The summed E-state index contributed by atoms with van der Waals surface area (Å²) in [6, 6.07) is 9.60. The van der Waals surface area contributed by atoms with Gasteiger partial charge >= 0.3 is 12.1 Å². The zero-order valence-electron chi connectivity index (χ0n) is 72.7. The Labute approximate surface area is 724 Å². The summed E-state index contributed by atoms with van der Waals surface area (Å²) >= 11 is 0. The molecule has 5 aliphatic heterocycles. The van der Waals surface area contributed by atoms with Gasteiger partial charge in [-0.25, -0.2) is 24.2 Å². The molecule has 1 aliphatic carbocycles. The number of cyclic esters (lactones) is 1. The topological polar surface area (TPSA) is 453 Å². The normalized spacial score (nSPS) is 28.3. The van der Waals surface area contributed by atoms with Crippen molar-refractivity contribution in [1.82, 2.24) is 44.3 Å². The Morgan fingerprint density at radius 3 is 2.12 bits per heavy atom. The maximum absolute atomic E-state index is 14.6. The number of methoxy groups -OCH3 is 1. The van der Waals surface area contributed by atoms with Crippen LogP contribution in [-0.4, -0.2) is 299 Å². The van der Waals surface area contributed by atoms with Crippen molar-refractivity contribution >= 4 is 75.2 Å². The van der Waals surface area contributed by atoms with Crippen molar-refractivity contribution in [2.24, 2.45) is 35.3 Å². The van der Waals surface area contributed by atoms with Gasteiger partial charge in [0.1, 0.15) is 59.6 Å². The number of Topliss-reactive ketones (excluding diaryl/α,β-unsaturated/α-hetero) is 3. The van der Waals surface area contributed by atoms with Gasteiger partial charge in [-0.1, -0.05) is 82.4 Å². The molecular weight excluding hydrogens is 1600 g/mol. The summed E-state index contributed by atoms with van der Waals surface area (Å²) in [5.41, 5.74) is 26.7. The number of hydrogen-bond acceptors (Lipinski definition) is 30. The molecule has 1 unspecified atom stereocenters. The van der Waals surface area contributed by atoms with Gasteiger partial charge < -0.3 is 104 Å². The van der Waals surface area contributed by atoms with Crippen LogP contribution in [0.15, 0.2) is 94.7 Å². The number of piperazine rings is 1. The molecule has 680 valence electrons. The van der Waals surface area contributed by atoms with Crippen LogP contribution in [0.1, 0.15) is 142 Å². The predicted molar refractivity (Wildman–Crippen MR) is 458 cm³/mol. The molecule has 8 heterocycles. The summed E-state index contributed by atoms with van der Waals surface area (Å²) in [5.74, 6) is -9.14. The highest BCUT2D eigenvalue weighted by atomic mass is 16.6. The fourth-order valence-corrected chi connectivity index (χ4v) is 17.2. The standard InChI is InChI=1S/C90H128N12O22/c1-56-13-9-8-10-14-57(2)75(114-7)51-67-21-16-61(6)90(113,124-67)83(109)86(110)101-26-12-11-15-70(101)87(111)121-76(52-71(103)58(3)46-60(5)81(107)82(108)80(106)59(4)45-56)68(91)48-62-18-22-74(72(104)49-62)123-89(112)99-30-28-98(29-31-99)32-34-116-36-38-118-40-42-120-44-43-119-41-39-117-37-35-115-33-25-77(105)100-27-24-64-47-63(17-19-66(64)54-100)53-102-85-78(84(92)94-55-95-85)79(97-102)65-20-23-73-69(50-65)96-88(93)122-73/h8-10,13-14,17,19-20,23,46-47,50,55-56,58-59,61-62,67-68,70,72,74-76,81-82,104,107-108,113H,11-12,15-16,18,21-22,24-45,48-49,51-54,91H2,1-7H3,(H2,93,96)(H2,92,94,95)/b10-8+,13-9+,57-14+,60-46+/t56-,58?,59-,61-,62+,67+,68-,70+,72-,74-,75+,76+,81-,82+,90-/m1/s1. The van der Waals surface area contributed by atoms with Crippen molar-refractivity contribution < 1.29 is 106 Å². The van der Waals surface area contributed by atoms with Crippen molar-refractivity contribution in [3.05, 3.63) is 107 Å². The first-order valence-corrected chi connectivity index (χ1v) is 43.9. The van der Waals surface area contributed by atoms with Gasteiger partial charge in [0.05, 0.1) is 116 Å². The van der Waals surface area contributed by atoms with Crippen LogP contribution >= 0.6 is 0 Å². The minimum atomic E-state index is -2.52. The average Bonchev–Trinajstić information content (AvgIpc) is 1.53. The molecule has 34 nitrogen and oxygen atoms in total. The minimum absolute atomic E-state index is 0.0101. The number of ketones is 3. The largest absolute Gasteiger partial charge is 0.459 e. The predicted octanol–water partition coefficient (Wildman–Crippen LogP) is 6.56. The van der Waals surface area contributed by atoms with Gasteiger partial charge in [0.15, 0.2) is 17.0 Å². The van der Waals surface area contributed by atoms with Crippen LogP contribution in [0.4, 0.5) is 16.6 Å². The number of nitrogens with zero attached hydrogens (tertiary/aromatic N) is 9. The SMILES string of the molecule is CO[C@H]1C[C@@H]2CC[C@@H](C)[C@@](O)(O2)C(=O)C(=O)N2CCCC[C@H]2C(=O)O[C@H]([C@H](N)C[C@@H]2CC[C@@H](OC(=O)N3CCN(CCOCCOCCOCCOCCOCCOCCC(=O)N4CCc5cc(Cn6nc(-c7ccc8oc(N)nc8c7)c7c(N)ncnc76)ccc5C4)CC3)[C@H](O)C2)CC(=O)C(C)/C=C(\C)[C@@H](O)[C@@H](O)C(=O)[C@H](C)C[C@H](C)/C=C/C=C/C=C/1C. The van der Waals surface area contributed by atoms with Crippen molar-refractivity contribution in [3.8, 4) is 11.3 Å². The monoisotopic (exact) mass is 1730 g/mol. The van der Waals surface area contributed by atoms with E-state index in [4.69, 9.17) is 74.1 Å². The first kappa shape index (κ1) is 95.8. The number of aromatic nitrogens is 5. The first-order valence-electron chi connectivity index (χ1n) is 43.9. The Kier molecular flexibility index (Phi) is 36.0. The number of carbonyl (C=O) groups is 7. The van der Waals surface area contributed by atoms with Crippen LogP contribution in [0.2, 0.25) is 0 Å². The van der Waals surface area contributed by atoms with Crippen LogP contribution in [-0.2, 0) is 95.6 Å². The molecule has 5 aromatic rings. The Morgan fingerprint density at radius 2 is 1.42 bits per heavy atom. The second kappa shape index (κ2) is 46.6. The quantitative estimate of drug-likeness (QED) is 0.0115. The zero-order chi connectivity index (χ0) is 88.6. The molecule has 2 bridgehead atoms. The van der Waals surface area contributed by atoms with Gasteiger partial charge in [-0.15, -0.1) is 0 Å². The maximum atomic E-state index is 14.6. The Hall–Kier alpha value is -8.85. The smallest absolute Gasteiger partial charge is 0.410 e. The number of carbonyl (C=O) groups excluding carboxylic acids is 7. The lowest BCUT2D eigenvalue weighted by atomic mass is 9.80. The number of fused-ring (bicyclic) bond motifs is 6. The number of piperidine rings is 1. The van der Waals surface area contributed by atoms with E-state index in [0.29, 0.717) is 210 Å². The van der Waals surface area contributed by atoms with E-state index >= 15 is 0 Å². The third-order valence-corrected chi connectivity index (χ3v) is 24.6. The number of benzene rings is 2. The van der Waals surface area contributed by atoms with Crippen LogP contribution in [0, 0.1) is 29.6 Å². The van der Waals surface area contributed by atoms with E-state index < -0.39 is 120 Å². The van der Waals surface area contributed by atoms with Gasteiger partial charge in [-0.2, -0.15) is 10.1 Å². The molecule has 1 saturated carbocycles. The van der Waals surface area contributed by atoms with E-state index in [2.05, 4.69) is 38.1 Å². The van der Waals surface area contributed by atoms with Gasteiger partial charge in [0.25, 0.3) is 17.7 Å². The average molecular weight is 1730 g/mol. The summed E-state index contributed by atoms with van der Waals surface area (Å²) in [6.45, 7) is 19.1. The fourth-order valence-electron chi connectivity index (χ4n) is 17.2. The number of nitrogen functional groups attached to an aromatic ring is 2. The summed E-state index contributed by atoms with van der Waals surface area (Å²) in [5, 5.41) is 51.7. The van der Waals surface area contributed by atoms with Gasteiger partial charge in [-0.05, 0) is 142 Å². The molecule has 3 aromatic heterocycles. The van der Waals surface area contributed by atoms with Crippen LogP contribution in [0.3, 0.4) is 0 Å². The van der Waals surface area contributed by atoms with Gasteiger partial charge in [-0.3, -0.25) is 28.9 Å². The molecule has 10 N–H and O–H groups in total. The highest BCUT2D eigenvalue weighted by molar-refractivity contribution is 6.39. The van der Waals surface area contributed by atoms with Crippen LogP contribution in [0.5, 0.6) is 0 Å². The second-order valence-electron chi connectivity index (χ2n) is 33.8. The number of esters is 1. The highest BCUT2D eigenvalue weighted by Crippen LogP contribution is 2.39. The van der Waals surface area contributed by atoms with Crippen LogP contribution in [0.25, 0.3) is 33.4 Å². The number of rotatable bonds is 29. The molecule has 124 heavy (non-hydrogen) atoms. The van der Waals surface area contributed by atoms with Crippen LogP contribution < -0.4 is 17.2 Å². The minimum Gasteiger partial charge on any atom is -0.459 e. The number of aliphatic hydroxyl groups is 4. The Bertz CT molecular complexity index is 4520. The number of nitrogens with two attached hydrogens (primary N) is 3. The van der Waals surface area contributed by atoms with E-state index in [9.17, 15) is 54.0 Å². The number of amides is 3. The Balaban J connectivity index is 0.534. The molecule has 15 atom stereocenters. The molecule has 0 radical (unpaired) electrons. The van der Waals surface area contributed by atoms with Crippen molar-refractivity contribution in [3.63, 3.8) is 0 Å². The van der Waals surface area contributed by atoms with Gasteiger partial charge in [0.2, 0.25) is 11.7 Å². The molecule has 2 aromatic carbocycles. The van der Waals surface area contributed by atoms with Crippen molar-refractivity contribution in [1.29, 1.82) is 0 Å². The molecular formula is C90H128N12O22. The zero-order valence-corrected chi connectivity index (χ0v) is 72.7. The molecule has 0 spiro atoms. The first-order chi connectivity index (χ1) is 59.7. The molecule has 3 saturated heterocycles. The van der Waals surface area contributed by atoms with Crippen molar-refractivity contribution in [2.45, 2.75) is 205 Å². The van der Waals surface area contributed by atoms with Gasteiger partial charge in [0, 0.05) is 102 Å². The lowest BCUT2D eigenvalue weighted by Crippen LogP contribution is -2.61. The lowest BCUT2D eigenvalue weighted by Gasteiger charge is -2.42. The Morgan fingerprint density at radius 1 is 0.718 bits per heavy atom. The molecule has 4 fully saturated rings. The third-order valence-electron chi connectivity index (χ3n) is 24.6. The number of aliphatic hydroxyl groups excluding tert-OH is 3. The third kappa shape index (κ3) is 26.2. The number of hydrogen-bond donors (Lipinski definition) is 7. The number of allylic oxidation sites excluding steroid dienone is 6. The fraction of sp³-hybridized carbons (Fsp3) is 0.633. The number of ether oxygens (including phenoxy) is 10. The summed E-state index contributed by atoms with van der Waals surface area (Å²) < 4.78 is 65.6. The molecule has 6 aliphatic rings. The van der Waals surface area contributed by atoms with Crippen molar-refractivity contribution in [2.75, 3.05) is 144 Å². The summed E-state index contributed by atoms with van der Waals surface area (Å²) in [4.78, 5) is 118. The second-order valence-corrected chi connectivity index (χ2v) is 33.8. The van der Waals surface area contributed by atoms with E-state index in [-0.39, 0.29) is 68.0 Å². The maximum Gasteiger partial charge on any atom is 0.410 e. The van der Waals surface area contributed by atoms with E-state index in [1.165, 1.54) is 24.9 Å². The van der Waals surface area contributed by atoms with E-state index in [1.807, 2.05) is 65.9 Å². The molecule has 3 amide bonds.